The van der Waals surface area contributed by atoms with Gasteiger partial charge in [-0.25, -0.2) is 18.4 Å². The van der Waals surface area contributed by atoms with Gasteiger partial charge in [-0.1, -0.05) is 16.8 Å². The average molecular weight is 281 g/mol. The van der Waals surface area contributed by atoms with E-state index in [4.69, 9.17) is 11.6 Å². The van der Waals surface area contributed by atoms with Gasteiger partial charge in [0.05, 0.1) is 12.1 Å². The summed E-state index contributed by atoms with van der Waals surface area (Å²) in [6, 6.07) is 4.95. The lowest BCUT2D eigenvalue weighted by Gasteiger charge is -2.04. The second kappa shape index (κ2) is 4.55. The van der Waals surface area contributed by atoms with Crippen LogP contribution in [0.15, 0.2) is 30.5 Å². The van der Waals surface area contributed by atoms with Crippen LogP contribution in [-0.4, -0.2) is 20.0 Å². The van der Waals surface area contributed by atoms with Crippen LogP contribution in [0, 0.1) is 11.6 Å². The molecule has 0 N–H and O–H groups in total. The maximum Gasteiger partial charge on any atom is 0.158 e. The Morgan fingerprint density at radius 3 is 2.89 bits per heavy atom. The van der Waals surface area contributed by atoms with Gasteiger partial charge in [-0.05, 0) is 24.3 Å². The van der Waals surface area contributed by atoms with Gasteiger partial charge < -0.3 is 0 Å². The first-order valence-corrected chi connectivity index (χ1v) is 5.80. The zero-order valence-electron chi connectivity index (χ0n) is 9.52. The number of halogens is 3. The molecular formula is C12H7ClF2N4. The first-order valence-electron chi connectivity index (χ1n) is 5.43. The summed E-state index contributed by atoms with van der Waals surface area (Å²) in [6.45, 7) is 0.0699. The quantitative estimate of drug-likeness (QED) is 0.678. The van der Waals surface area contributed by atoms with Gasteiger partial charge in [-0.2, -0.15) is 0 Å². The lowest BCUT2D eigenvalue weighted by molar-refractivity contribution is 0.565. The van der Waals surface area contributed by atoms with Gasteiger partial charge in [0, 0.05) is 11.8 Å². The summed E-state index contributed by atoms with van der Waals surface area (Å²) in [5.41, 5.74) is 1.24. The van der Waals surface area contributed by atoms with Crippen molar-refractivity contribution in [3.8, 4) is 0 Å². The van der Waals surface area contributed by atoms with Gasteiger partial charge in [0.2, 0.25) is 0 Å². The number of hydrogen-bond donors (Lipinski definition) is 0. The first-order chi connectivity index (χ1) is 9.15. The molecular weight excluding hydrogens is 274 g/mol. The fourth-order valence-corrected chi connectivity index (χ4v) is 2.00. The lowest BCUT2D eigenvalue weighted by atomic mass is 10.2. The van der Waals surface area contributed by atoms with Crippen molar-refractivity contribution in [2.75, 3.05) is 0 Å². The molecule has 0 saturated heterocycles. The molecule has 96 valence electrons. The Hall–Kier alpha value is -2.08. The van der Waals surface area contributed by atoms with Crippen LogP contribution in [0.4, 0.5) is 8.78 Å². The number of pyridine rings is 1. The van der Waals surface area contributed by atoms with Gasteiger partial charge in [-0.15, -0.1) is 5.10 Å². The van der Waals surface area contributed by atoms with E-state index in [1.165, 1.54) is 10.9 Å². The summed E-state index contributed by atoms with van der Waals surface area (Å²) in [6.07, 6.45) is 1.51. The third kappa shape index (κ3) is 2.15. The Morgan fingerprint density at radius 2 is 2.05 bits per heavy atom. The summed E-state index contributed by atoms with van der Waals surface area (Å²) >= 11 is 5.87. The molecule has 0 aliphatic rings. The van der Waals surface area contributed by atoms with Crippen LogP contribution in [0.2, 0.25) is 5.15 Å². The van der Waals surface area contributed by atoms with Gasteiger partial charge in [0.15, 0.2) is 5.15 Å². The Kier molecular flexibility index (Phi) is 2.87. The number of aromatic nitrogens is 4. The van der Waals surface area contributed by atoms with Crippen LogP contribution in [0.5, 0.6) is 0 Å². The largest absolute Gasteiger partial charge is 0.242 e. The highest BCUT2D eigenvalue weighted by atomic mass is 35.5. The molecule has 0 bridgehead atoms. The summed E-state index contributed by atoms with van der Waals surface area (Å²) in [4.78, 5) is 3.87. The van der Waals surface area contributed by atoms with Gasteiger partial charge in [0.25, 0.3) is 0 Å². The maximum absolute atomic E-state index is 13.6. The van der Waals surface area contributed by atoms with Crippen LogP contribution in [0.1, 0.15) is 5.56 Å². The molecule has 0 saturated carbocycles. The highest BCUT2D eigenvalue weighted by molar-refractivity contribution is 6.33. The van der Waals surface area contributed by atoms with E-state index in [1.807, 2.05) is 0 Å². The minimum atomic E-state index is -0.500. The van der Waals surface area contributed by atoms with Crippen molar-refractivity contribution in [2.45, 2.75) is 6.54 Å². The van der Waals surface area contributed by atoms with Crippen LogP contribution in [0.25, 0.3) is 11.0 Å². The smallest absolute Gasteiger partial charge is 0.158 e. The summed E-state index contributed by atoms with van der Waals surface area (Å²) in [5.74, 6) is -0.995. The molecule has 0 aliphatic carbocycles. The summed E-state index contributed by atoms with van der Waals surface area (Å²) in [5, 5.41) is 7.97. The zero-order chi connectivity index (χ0) is 13.4. The van der Waals surface area contributed by atoms with E-state index in [0.29, 0.717) is 11.0 Å². The van der Waals surface area contributed by atoms with Gasteiger partial charge in [-0.3, -0.25) is 0 Å². The predicted octanol–water partition coefficient (Wildman–Crippen LogP) is 2.81. The molecule has 4 nitrogen and oxygen atoms in total. The second-order valence-electron chi connectivity index (χ2n) is 3.95. The normalized spacial score (nSPS) is 11.1. The van der Waals surface area contributed by atoms with Crippen molar-refractivity contribution in [1.82, 2.24) is 20.0 Å². The molecule has 3 rings (SSSR count). The van der Waals surface area contributed by atoms with Crippen LogP contribution < -0.4 is 0 Å². The van der Waals surface area contributed by atoms with Gasteiger partial charge in [0.1, 0.15) is 17.2 Å². The molecule has 2 heterocycles. The molecule has 19 heavy (non-hydrogen) atoms. The molecule has 3 aromatic rings. The predicted molar refractivity (Wildman–Crippen MR) is 65.8 cm³/mol. The molecule has 0 radical (unpaired) electrons. The van der Waals surface area contributed by atoms with E-state index in [9.17, 15) is 8.78 Å². The second-order valence-corrected chi connectivity index (χ2v) is 4.31. The number of fused-ring (bicyclic) bond motifs is 1. The van der Waals surface area contributed by atoms with E-state index in [2.05, 4.69) is 15.3 Å². The van der Waals surface area contributed by atoms with Crippen LogP contribution >= 0.6 is 11.6 Å². The third-order valence-electron chi connectivity index (χ3n) is 2.72. The number of benzene rings is 1. The zero-order valence-corrected chi connectivity index (χ0v) is 10.3. The average Bonchev–Trinajstić information content (AvgIpc) is 2.79. The summed E-state index contributed by atoms with van der Waals surface area (Å²) in [7, 11) is 0. The van der Waals surface area contributed by atoms with Crippen molar-refractivity contribution in [2.24, 2.45) is 0 Å². The Morgan fingerprint density at radius 1 is 1.21 bits per heavy atom. The van der Waals surface area contributed by atoms with Crippen molar-refractivity contribution in [1.29, 1.82) is 0 Å². The van der Waals surface area contributed by atoms with E-state index in [-0.39, 0.29) is 17.3 Å². The molecule has 0 aliphatic heterocycles. The van der Waals surface area contributed by atoms with Crippen LogP contribution in [-0.2, 0) is 6.54 Å². The topological polar surface area (TPSA) is 43.6 Å². The molecule has 0 unspecified atom stereocenters. The van der Waals surface area contributed by atoms with Crippen molar-refractivity contribution in [3.63, 3.8) is 0 Å². The standard InChI is InChI=1S/C12H7ClF2N4/c13-12-11-10(3-4-16-12)19(18-17-11)6-7-5-8(14)1-2-9(7)15/h1-5H,6H2. The molecule has 7 heteroatoms. The third-order valence-corrected chi connectivity index (χ3v) is 2.99. The van der Waals surface area contributed by atoms with E-state index < -0.39 is 11.6 Å². The molecule has 0 amide bonds. The molecule has 0 atom stereocenters. The monoisotopic (exact) mass is 280 g/mol. The molecule has 0 fully saturated rings. The van der Waals surface area contributed by atoms with Crippen molar-refractivity contribution >= 4 is 22.6 Å². The Bertz CT molecular complexity index is 757. The molecule has 0 spiro atoms. The highest BCUT2D eigenvalue weighted by Crippen LogP contribution is 2.19. The maximum atomic E-state index is 13.6. The number of nitrogens with zero attached hydrogens (tertiary/aromatic N) is 4. The van der Waals surface area contributed by atoms with E-state index in [1.54, 1.807) is 6.07 Å². The fraction of sp³-hybridized carbons (Fsp3) is 0.0833. The molecule has 1 aromatic carbocycles. The van der Waals surface area contributed by atoms with Crippen LogP contribution in [0.3, 0.4) is 0 Å². The van der Waals surface area contributed by atoms with Crippen molar-refractivity contribution < 1.29 is 8.78 Å². The molecule has 2 aromatic heterocycles. The van der Waals surface area contributed by atoms with Crippen molar-refractivity contribution in [3.05, 3.63) is 52.8 Å². The van der Waals surface area contributed by atoms with E-state index >= 15 is 0 Å². The summed E-state index contributed by atoms with van der Waals surface area (Å²) < 4.78 is 28.1. The highest BCUT2D eigenvalue weighted by Gasteiger charge is 2.11. The first kappa shape index (κ1) is 12.0. The Labute approximate surface area is 111 Å². The Balaban J connectivity index is 2.06. The minimum Gasteiger partial charge on any atom is -0.242 e. The fourth-order valence-electron chi connectivity index (χ4n) is 1.81. The number of hydrogen-bond acceptors (Lipinski definition) is 3. The lowest BCUT2D eigenvalue weighted by Crippen LogP contribution is -2.04. The van der Waals surface area contributed by atoms with Gasteiger partial charge >= 0.3 is 0 Å². The minimum absolute atomic E-state index is 0.0699. The van der Waals surface area contributed by atoms with E-state index in [0.717, 1.165) is 18.2 Å². The SMILES string of the molecule is Fc1ccc(F)c(Cn2nnc3c(Cl)nccc32)c1. The number of rotatable bonds is 2.